The van der Waals surface area contributed by atoms with Crippen LogP contribution in [0.1, 0.15) is 67.2 Å². The molecule has 12 heteroatoms. The molecule has 10 nitrogen and oxygen atoms in total. The van der Waals surface area contributed by atoms with Crippen molar-refractivity contribution in [2.45, 2.75) is 78.4 Å². The Balaban J connectivity index is 5.54. The molecule has 0 aliphatic heterocycles. The zero-order valence-corrected chi connectivity index (χ0v) is 23.5. The van der Waals surface area contributed by atoms with Gasteiger partial charge >= 0.3 is 11.9 Å². The van der Waals surface area contributed by atoms with Crippen LogP contribution in [0.4, 0.5) is 0 Å². The molecule has 0 rings (SSSR count). The van der Waals surface area contributed by atoms with Crippen molar-refractivity contribution in [2.24, 2.45) is 0 Å². The molecule has 0 unspecified atom stereocenters. The van der Waals surface area contributed by atoms with Gasteiger partial charge in [-0.2, -0.15) is 10.0 Å². The maximum Gasteiger partial charge on any atom is 0.306 e. The second-order valence-electron chi connectivity index (χ2n) is 8.64. The number of hydrogen-bond donors (Lipinski definition) is 0. The van der Waals surface area contributed by atoms with E-state index in [4.69, 9.17) is 9.47 Å². The molecular weight excluding hydrogens is 650 g/mol. The van der Waals surface area contributed by atoms with Gasteiger partial charge in [0.15, 0.2) is 0 Å². The van der Waals surface area contributed by atoms with Crippen molar-refractivity contribution >= 4 is 80.7 Å². The molecule has 0 aliphatic rings. The first-order valence-electron chi connectivity index (χ1n) is 9.79. The summed E-state index contributed by atoms with van der Waals surface area (Å²) in [6, 6.07) is 0. The third-order valence-electron chi connectivity index (χ3n) is 3.30. The van der Waals surface area contributed by atoms with Gasteiger partial charge in [-0.3, -0.25) is 28.8 Å². The number of hydrazine groups is 1. The molecule has 0 radical (unpaired) electrons. The van der Waals surface area contributed by atoms with E-state index in [1.165, 1.54) is 0 Å². The fraction of sp³-hybridized carbons (Fsp3) is 0.700. The second-order valence-corrected chi connectivity index (χ2v) is 10.2. The van der Waals surface area contributed by atoms with Gasteiger partial charge in [0, 0.05) is 12.8 Å². The van der Waals surface area contributed by atoms with Crippen LogP contribution in [-0.4, -0.2) is 65.6 Å². The molecule has 0 atom stereocenters. The Hall–Kier alpha value is -1.32. The van der Waals surface area contributed by atoms with E-state index < -0.39 is 59.6 Å². The lowest BCUT2D eigenvalue weighted by Gasteiger charge is -2.31. The van der Waals surface area contributed by atoms with Gasteiger partial charge < -0.3 is 9.47 Å². The molecule has 0 saturated heterocycles. The largest absolute Gasteiger partial charge is 0.460 e. The summed E-state index contributed by atoms with van der Waals surface area (Å²) < 4.78 is 9.89. The lowest BCUT2D eigenvalue weighted by Crippen LogP contribution is -2.56. The van der Waals surface area contributed by atoms with E-state index in [-0.39, 0.29) is 21.7 Å². The van der Waals surface area contributed by atoms with Crippen molar-refractivity contribution < 1.29 is 38.2 Å². The van der Waals surface area contributed by atoms with Crippen molar-refractivity contribution in [1.82, 2.24) is 10.0 Å². The van der Waals surface area contributed by atoms with E-state index in [0.29, 0.717) is 10.0 Å². The van der Waals surface area contributed by atoms with Crippen LogP contribution in [-0.2, 0) is 38.2 Å². The first-order chi connectivity index (χ1) is 14.5. The summed E-state index contributed by atoms with van der Waals surface area (Å²) in [6.07, 6.45) is -1.55. The highest BCUT2D eigenvalue weighted by Crippen LogP contribution is 2.15. The Labute approximate surface area is 215 Å². The van der Waals surface area contributed by atoms with Crippen LogP contribution in [0.3, 0.4) is 0 Å². The van der Waals surface area contributed by atoms with Gasteiger partial charge in [-0.15, -0.1) is 0 Å². The SMILES string of the molecule is CC(C)(C)OC(=O)CCC(=O)N(C(=O)CI)N(C(=O)CI)C(=O)CCC(=O)OC(C)(C)C. The van der Waals surface area contributed by atoms with Crippen LogP contribution in [0.5, 0.6) is 0 Å². The number of carbonyl (C=O) groups is 6. The summed E-state index contributed by atoms with van der Waals surface area (Å²) in [4.78, 5) is 74.3. The van der Waals surface area contributed by atoms with Gasteiger partial charge in [-0.25, -0.2) is 0 Å². The highest BCUT2D eigenvalue weighted by atomic mass is 127. The molecule has 0 aromatic carbocycles. The first-order valence-corrected chi connectivity index (χ1v) is 12.8. The molecule has 4 amide bonds. The molecule has 0 saturated carbocycles. The number of halogens is 2. The second kappa shape index (κ2) is 13.4. The Kier molecular flexibility index (Phi) is 12.8. The third-order valence-corrected chi connectivity index (χ3v) is 4.60. The average Bonchev–Trinajstić information content (AvgIpc) is 2.64. The van der Waals surface area contributed by atoms with Gasteiger partial charge in [0.1, 0.15) is 11.2 Å². The number of esters is 2. The molecule has 0 aliphatic carbocycles. The molecule has 0 N–H and O–H groups in total. The zero-order valence-electron chi connectivity index (χ0n) is 19.2. The molecule has 0 aromatic rings. The number of rotatable bonds is 8. The van der Waals surface area contributed by atoms with Crippen LogP contribution in [0.25, 0.3) is 0 Å². The number of nitrogens with zero attached hydrogens (tertiary/aromatic N) is 2. The summed E-state index contributed by atoms with van der Waals surface area (Å²) in [7, 11) is 0. The van der Waals surface area contributed by atoms with Crippen molar-refractivity contribution in [3.8, 4) is 0 Å². The minimum atomic E-state index is -0.902. The molecule has 0 heterocycles. The van der Waals surface area contributed by atoms with Gasteiger partial charge in [0.25, 0.3) is 11.8 Å². The van der Waals surface area contributed by atoms with E-state index in [1.54, 1.807) is 86.7 Å². The topological polar surface area (TPSA) is 127 Å². The van der Waals surface area contributed by atoms with E-state index in [0.717, 1.165) is 0 Å². The van der Waals surface area contributed by atoms with Crippen molar-refractivity contribution in [1.29, 1.82) is 0 Å². The summed E-state index contributed by atoms with van der Waals surface area (Å²) in [6.45, 7) is 10.0. The van der Waals surface area contributed by atoms with Crippen molar-refractivity contribution in [3.05, 3.63) is 0 Å². The van der Waals surface area contributed by atoms with Crippen LogP contribution >= 0.6 is 45.2 Å². The molecule has 32 heavy (non-hydrogen) atoms. The number of amides is 4. The lowest BCUT2D eigenvalue weighted by atomic mass is 10.2. The van der Waals surface area contributed by atoms with Gasteiger partial charge in [-0.1, -0.05) is 45.2 Å². The predicted octanol–water partition coefficient (Wildman–Crippen LogP) is 2.73. The molecule has 0 bridgehead atoms. The fourth-order valence-electron chi connectivity index (χ4n) is 2.25. The Bertz CT molecular complexity index is 679. The van der Waals surface area contributed by atoms with Gasteiger partial charge in [0.05, 0.1) is 21.7 Å². The summed E-state index contributed by atoms with van der Waals surface area (Å²) in [5.74, 6) is -4.72. The molecule has 0 aromatic heterocycles. The van der Waals surface area contributed by atoms with E-state index >= 15 is 0 Å². The maximum atomic E-state index is 12.8. The lowest BCUT2D eigenvalue weighted by molar-refractivity contribution is -0.179. The Morgan fingerprint density at radius 2 is 0.844 bits per heavy atom. The number of ether oxygens (including phenoxy) is 2. The Morgan fingerprint density at radius 1 is 0.562 bits per heavy atom. The molecule has 0 spiro atoms. The summed E-state index contributed by atoms with van der Waals surface area (Å²) in [5, 5.41) is 0.907. The van der Waals surface area contributed by atoms with E-state index in [1.807, 2.05) is 0 Å². The minimum absolute atomic E-state index is 0.194. The van der Waals surface area contributed by atoms with Crippen LogP contribution < -0.4 is 0 Å². The van der Waals surface area contributed by atoms with Crippen molar-refractivity contribution in [2.75, 3.05) is 8.86 Å². The predicted molar refractivity (Wildman–Crippen MR) is 132 cm³/mol. The van der Waals surface area contributed by atoms with Crippen molar-refractivity contribution in [3.63, 3.8) is 0 Å². The average molecular weight is 680 g/mol. The van der Waals surface area contributed by atoms with Gasteiger partial charge in [0.2, 0.25) is 11.8 Å². The van der Waals surface area contributed by atoms with E-state index in [2.05, 4.69) is 0 Å². The minimum Gasteiger partial charge on any atom is -0.460 e. The summed E-state index contributed by atoms with van der Waals surface area (Å²) in [5.41, 5.74) is -1.50. The third kappa shape index (κ3) is 12.1. The monoisotopic (exact) mass is 680 g/mol. The normalized spacial score (nSPS) is 11.4. The number of alkyl halides is 2. The molecule has 0 fully saturated rings. The standard InChI is InChI=1S/C20H30I2N2O8/c1-19(2,3)31-17(29)9-7-13(25)23(15(27)11-21)24(16(28)12-22)14(26)8-10-18(30)32-20(4,5)6/h7-12H2,1-6H3. The van der Waals surface area contributed by atoms with Crippen LogP contribution in [0.15, 0.2) is 0 Å². The van der Waals surface area contributed by atoms with Crippen LogP contribution in [0.2, 0.25) is 0 Å². The summed E-state index contributed by atoms with van der Waals surface area (Å²) >= 11 is 3.40. The zero-order chi connectivity index (χ0) is 25.3. The number of carbonyl (C=O) groups excluding carboxylic acids is 6. The fourth-order valence-corrected chi connectivity index (χ4v) is 2.90. The molecule has 182 valence electrons. The number of imide groups is 2. The first kappa shape index (κ1) is 30.7. The smallest absolute Gasteiger partial charge is 0.306 e. The quantitative estimate of drug-likeness (QED) is 0.166. The molecular formula is C20H30I2N2O8. The Morgan fingerprint density at radius 3 is 1.06 bits per heavy atom. The van der Waals surface area contributed by atoms with Crippen LogP contribution in [0, 0.1) is 0 Å². The van der Waals surface area contributed by atoms with E-state index in [9.17, 15) is 28.8 Å². The highest BCUT2D eigenvalue weighted by Gasteiger charge is 2.36. The van der Waals surface area contributed by atoms with Gasteiger partial charge in [-0.05, 0) is 41.5 Å². The maximum absolute atomic E-state index is 12.8. The number of hydrogen-bond acceptors (Lipinski definition) is 8. The highest BCUT2D eigenvalue weighted by molar-refractivity contribution is 14.1.